The molecule has 8 heteroatoms. The standard InChI is InChI=1S/C20H22N6O2/c1-13(2)23-20(28)15-11-22-26-18(25-9-8-21-17(27)12-25)10-16(24-19(15)26)14-6-4-3-5-7-14/h3-7,10-11,13H,8-9,12H2,1-2H3,(H,21,27)(H,23,28). The average Bonchev–Trinajstić information content (AvgIpc) is 3.11. The third-order valence-corrected chi connectivity index (χ3v) is 4.55. The van der Waals surface area contributed by atoms with Gasteiger partial charge in [-0.1, -0.05) is 30.3 Å². The van der Waals surface area contributed by atoms with E-state index < -0.39 is 0 Å². The second kappa shape index (κ2) is 7.30. The highest BCUT2D eigenvalue weighted by Gasteiger charge is 2.23. The molecule has 0 aliphatic carbocycles. The van der Waals surface area contributed by atoms with Gasteiger partial charge in [-0.05, 0) is 13.8 Å². The van der Waals surface area contributed by atoms with Gasteiger partial charge in [0, 0.05) is 30.8 Å². The zero-order valence-electron chi connectivity index (χ0n) is 15.8. The molecule has 4 rings (SSSR count). The first-order valence-corrected chi connectivity index (χ1v) is 9.29. The summed E-state index contributed by atoms with van der Waals surface area (Å²) in [4.78, 5) is 31.2. The molecule has 0 spiro atoms. The van der Waals surface area contributed by atoms with Gasteiger partial charge in [-0.15, -0.1) is 0 Å². The van der Waals surface area contributed by atoms with Gasteiger partial charge in [-0.3, -0.25) is 9.59 Å². The summed E-state index contributed by atoms with van der Waals surface area (Å²) in [5, 5.41) is 10.1. The van der Waals surface area contributed by atoms with Crippen molar-refractivity contribution in [2.24, 2.45) is 0 Å². The van der Waals surface area contributed by atoms with Gasteiger partial charge in [0.2, 0.25) is 5.91 Å². The molecule has 1 saturated heterocycles. The average molecular weight is 378 g/mol. The van der Waals surface area contributed by atoms with Crippen molar-refractivity contribution in [1.29, 1.82) is 0 Å². The van der Waals surface area contributed by atoms with Crippen molar-refractivity contribution in [3.63, 3.8) is 0 Å². The Balaban J connectivity index is 1.88. The Morgan fingerprint density at radius 3 is 2.75 bits per heavy atom. The zero-order chi connectivity index (χ0) is 19.7. The number of piperazine rings is 1. The summed E-state index contributed by atoms with van der Waals surface area (Å²) in [7, 11) is 0. The van der Waals surface area contributed by atoms with Gasteiger partial charge < -0.3 is 15.5 Å². The van der Waals surface area contributed by atoms with Gasteiger partial charge in [-0.2, -0.15) is 9.61 Å². The van der Waals surface area contributed by atoms with Crippen LogP contribution in [0.25, 0.3) is 16.9 Å². The molecule has 0 radical (unpaired) electrons. The van der Waals surface area contributed by atoms with E-state index in [1.807, 2.05) is 55.1 Å². The van der Waals surface area contributed by atoms with E-state index in [4.69, 9.17) is 4.98 Å². The van der Waals surface area contributed by atoms with Crippen molar-refractivity contribution in [2.45, 2.75) is 19.9 Å². The topological polar surface area (TPSA) is 91.6 Å². The van der Waals surface area contributed by atoms with Crippen molar-refractivity contribution in [1.82, 2.24) is 25.2 Å². The van der Waals surface area contributed by atoms with Crippen LogP contribution >= 0.6 is 0 Å². The van der Waals surface area contributed by atoms with Gasteiger partial charge in [-0.25, -0.2) is 4.98 Å². The number of fused-ring (bicyclic) bond motifs is 1. The van der Waals surface area contributed by atoms with E-state index in [0.717, 1.165) is 17.1 Å². The number of amides is 2. The number of anilines is 1. The summed E-state index contributed by atoms with van der Waals surface area (Å²) >= 11 is 0. The van der Waals surface area contributed by atoms with Gasteiger partial charge in [0.15, 0.2) is 5.65 Å². The molecule has 8 nitrogen and oxygen atoms in total. The van der Waals surface area contributed by atoms with Crippen LogP contribution in [0.4, 0.5) is 5.82 Å². The van der Waals surface area contributed by atoms with Crippen LogP contribution in [0.15, 0.2) is 42.6 Å². The van der Waals surface area contributed by atoms with Crippen LogP contribution in [0.1, 0.15) is 24.2 Å². The maximum absolute atomic E-state index is 12.6. The van der Waals surface area contributed by atoms with Crippen LogP contribution in [0.2, 0.25) is 0 Å². The molecule has 1 fully saturated rings. The highest BCUT2D eigenvalue weighted by Crippen LogP contribution is 2.26. The Morgan fingerprint density at radius 2 is 2.04 bits per heavy atom. The first-order valence-electron chi connectivity index (χ1n) is 9.29. The highest BCUT2D eigenvalue weighted by molar-refractivity contribution is 6.00. The number of rotatable bonds is 4. The van der Waals surface area contributed by atoms with Gasteiger partial charge in [0.1, 0.15) is 11.4 Å². The van der Waals surface area contributed by atoms with Crippen molar-refractivity contribution >= 4 is 23.3 Å². The number of carbonyl (C=O) groups excluding carboxylic acids is 2. The van der Waals surface area contributed by atoms with Crippen LogP contribution < -0.4 is 15.5 Å². The van der Waals surface area contributed by atoms with E-state index in [9.17, 15) is 9.59 Å². The third kappa shape index (κ3) is 3.40. The van der Waals surface area contributed by atoms with Gasteiger partial charge in [0.05, 0.1) is 18.4 Å². The van der Waals surface area contributed by atoms with E-state index in [2.05, 4.69) is 15.7 Å². The number of nitrogens with one attached hydrogen (secondary N) is 2. The van der Waals surface area contributed by atoms with Crippen molar-refractivity contribution in [3.8, 4) is 11.3 Å². The molecule has 0 unspecified atom stereocenters. The fourth-order valence-electron chi connectivity index (χ4n) is 3.26. The molecule has 28 heavy (non-hydrogen) atoms. The van der Waals surface area contributed by atoms with Crippen LogP contribution in [0.5, 0.6) is 0 Å². The summed E-state index contributed by atoms with van der Waals surface area (Å²) in [5.74, 6) is 0.481. The molecule has 3 aromatic rings. The molecule has 0 atom stereocenters. The minimum absolute atomic E-state index is 0.00465. The zero-order valence-corrected chi connectivity index (χ0v) is 15.8. The lowest BCUT2D eigenvalue weighted by Gasteiger charge is -2.29. The first-order chi connectivity index (χ1) is 13.5. The van der Waals surface area contributed by atoms with E-state index in [1.165, 1.54) is 6.20 Å². The quantitative estimate of drug-likeness (QED) is 0.717. The summed E-state index contributed by atoms with van der Waals surface area (Å²) < 4.78 is 1.64. The number of hydrogen-bond donors (Lipinski definition) is 2. The Bertz CT molecular complexity index is 1030. The second-order valence-electron chi connectivity index (χ2n) is 7.06. The fraction of sp³-hybridized carbons (Fsp3) is 0.300. The van der Waals surface area contributed by atoms with Crippen LogP contribution in [-0.2, 0) is 4.79 Å². The van der Waals surface area contributed by atoms with E-state index in [0.29, 0.717) is 24.3 Å². The molecule has 3 heterocycles. The molecule has 2 amide bonds. The van der Waals surface area contributed by atoms with Crippen LogP contribution in [0, 0.1) is 0 Å². The monoisotopic (exact) mass is 378 g/mol. The largest absolute Gasteiger partial charge is 0.353 e. The Kier molecular flexibility index (Phi) is 4.68. The lowest BCUT2D eigenvalue weighted by Crippen LogP contribution is -2.48. The van der Waals surface area contributed by atoms with Gasteiger partial charge >= 0.3 is 0 Å². The predicted octanol–water partition coefficient (Wildman–Crippen LogP) is 1.47. The summed E-state index contributed by atoms with van der Waals surface area (Å²) in [6.07, 6.45) is 1.53. The minimum Gasteiger partial charge on any atom is -0.353 e. The Morgan fingerprint density at radius 1 is 1.25 bits per heavy atom. The van der Waals surface area contributed by atoms with Crippen LogP contribution in [-0.4, -0.2) is 52.1 Å². The molecule has 0 saturated carbocycles. The van der Waals surface area contributed by atoms with Crippen molar-refractivity contribution in [2.75, 3.05) is 24.5 Å². The molecule has 2 N–H and O–H groups in total. The molecule has 0 bridgehead atoms. The van der Waals surface area contributed by atoms with Gasteiger partial charge in [0.25, 0.3) is 5.91 Å². The Labute approximate surface area is 162 Å². The number of benzene rings is 1. The maximum Gasteiger partial charge on any atom is 0.256 e. The minimum atomic E-state index is -0.218. The number of aromatic nitrogens is 3. The summed E-state index contributed by atoms with van der Waals surface area (Å²) in [5.41, 5.74) is 2.55. The number of carbonyl (C=O) groups is 2. The lowest BCUT2D eigenvalue weighted by molar-refractivity contribution is -0.120. The lowest BCUT2D eigenvalue weighted by atomic mass is 10.1. The van der Waals surface area contributed by atoms with Crippen LogP contribution in [0.3, 0.4) is 0 Å². The summed E-state index contributed by atoms with van der Waals surface area (Å²) in [6, 6.07) is 11.7. The van der Waals surface area contributed by atoms with E-state index in [1.54, 1.807) is 4.52 Å². The predicted molar refractivity (Wildman–Crippen MR) is 106 cm³/mol. The molecule has 1 aromatic carbocycles. The second-order valence-corrected chi connectivity index (χ2v) is 7.06. The summed E-state index contributed by atoms with van der Waals surface area (Å²) in [6.45, 7) is 5.27. The third-order valence-electron chi connectivity index (χ3n) is 4.55. The van der Waals surface area contributed by atoms with E-state index >= 15 is 0 Å². The normalized spacial score (nSPS) is 14.4. The first kappa shape index (κ1) is 18.0. The number of hydrogen-bond acceptors (Lipinski definition) is 5. The smallest absolute Gasteiger partial charge is 0.256 e. The molecule has 1 aliphatic rings. The molecule has 144 valence electrons. The molecule has 1 aliphatic heterocycles. The van der Waals surface area contributed by atoms with E-state index in [-0.39, 0.29) is 24.4 Å². The maximum atomic E-state index is 12.6. The fourth-order valence-corrected chi connectivity index (χ4v) is 3.26. The SMILES string of the molecule is CC(C)NC(=O)c1cnn2c(N3CCNC(=O)C3)cc(-c3ccccc3)nc12. The van der Waals surface area contributed by atoms with Crippen molar-refractivity contribution in [3.05, 3.63) is 48.2 Å². The molecule has 2 aromatic heterocycles. The highest BCUT2D eigenvalue weighted by atomic mass is 16.2. The Hall–Kier alpha value is -3.42. The molecular weight excluding hydrogens is 356 g/mol. The number of nitrogens with zero attached hydrogens (tertiary/aromatic N) is 4. The molecular formula is C20H22N6O2. The van der Waals surface area contributed by atoms with Crippen molar-refractivity contribution < 1.29 is 9.59 Å².